The lowest BCUT2D eigenvalue weighted by atomic mass is 9.87. The average molecular weight is 793 g/mol. The molecule has 2 saturated heterocycles. The summed E-state index contributed by atoms with van der Waals surface area (Å²) >= 11 is 0. The predicted molar refractivity (Wildman–Crippen MR) is 211 cm³/mol. The Hall–Kier alpha value is -6.25. The fourth-order valence-corrected chi connectivity index (χ4v) is 8.41. The van der Waals surface area contributed by atoms with E-state index in [2.05, 4.69) is 20.6 Å². The number of halogens is 3. The van der Waals surface area contributed by atoms with Gasteiger partial charge in [0.15, 0.2) is 5.82 Å². The van der Waals surface area contributed by atoms with Crippen molar-refractivity contribution in [2.45, 2.75) is 56.9 Å². The van der Waals surface area contributed by atoms with Crippen molar-refractivity contribution in [3.8, 4) is 11.1 Å². The van der Waals surface area contributed by atoms with Gasteiger partial charge in [-0.2, -0.15) is 0 Å². The Morgan fingerprint density at radius 3 is 2.38 bits per heavy atom. The summed E-state index contributed by atoms with van der Waals surface area (Å²) in [7, 11) is 3.19. The topological polar surface area (TPSA) is 137 Å². The first kappa shape index (κ1) is 38.6. The van der Waals surface area contributed by atoms with E-state index in [1.165, 1.54) is 17.0 Å². The molecule has 4 amide bonds. The van der Waals surface area contributed by atoms with Crippen LogP contribution in [0.25, 0.3) is 27.6 Å². The van der Waals surface area contributed by atoms with Crippen molar-refractivity contribution in [2.24, 2.45) is 0 Å². The Balaban J connectivity index is 1.03. The SMILES string of the molecule is CN(C)C(=O)c1cc2c(-c3ccc(C4CCN(c5ccc(C6CCC(=O)NC6=O)cc5F)CC4)cc3F)cc(C3=CCCN(C(=O)CCn4ccnn4)C3)c(F)c2[nH]1. The van der Waals surface area contributed by atoms with E-state index in [1.807, 2.05) is 17.0 Å². The van der Waals surface area contributed by atoms with Crippen LogP contribution >= 0.6 is 0 Å². The zero-order valence-corrected chi connectivity index (χ0v) is 32.2. The number of hydrogen-bond acceptors (Lipinski definition) is 7. The molecular weight excluding hydrogens is 750 g/mol. The third-order valence-electron chi connectivity index (χ3n) is 11.6. The van der Waals surface area contributed by atoms with Gasteiger partial charge in [0, 0.05) is 75.8 Å². The first-order chi connectivity index (χ1) is 27.9. The number of fused-ring (bicyclic) bond motifs is 1. The summed E-state index contributed by atoms with van der Waals surface area (Å²) in [6, 6.07) is 13.0. The number of nitrogens with one attached hydrogen (secondary N) is 2. The van der Waals surface area contributed by atoms with Gasteiger partial charge in [0.2, 0.25) is 17.7 Å². The van der Waals surface area contributed by atoms with E-state index in [9.17, 15) is 19.2 Å². The summed E-state index contributed by atoms with van der Waals surface area (Å²) in [5.41, 5.74) is 3.44. The molecule has 0 aliphatic carbocycles. The van der Waals surface area contributed by atoms with Crippen molar-refractivity contribution in [3.05, 3.63) is 107 Å². The smallest absolute Gasteiger partial charge is 0.269 e. The van der Waals surface area contributed by atoms with Gasteiger partial charge in [0.25, 0.3) is 5.91 Å². The normalized spacial score (nSPS) is 17.7. The van der Waals surface area contributed by atoms with Crippen LogP contribution in [0.2, 0.25) is 0 Å². The summed E-state index contributed by atoms with van der Waals surface area (Å²) in [4.78, 5) is 58.1. The maximum atomic E-state index is 16.5. The Morgan fingerprint density at radius 2 is 1.67 bits per heavy atom. The van der Waals surface area contributed by atoms with Gasteiger partial charge >= 0.3 is 0 Å². The summed E-state index contributed by atoms with van der Waals surface area (Å²) in [5, 5.41) is 10.4. The maximum Gasteiger partial charge on any atom is 0.269 e. The number of benzene rings is 3. The number of carbonyl (C=O) groups excluding carboxylic acids is 4. The molecule has 58 heavy (non-hydrogen) atoms. The summed E-state index contributed by atoms with van der Waals surface area (Å²) in [5.74, 6) is -3.31. The number of carbonyl (C=O) groups is 4. The second kappa shape index (κ2) is 15.9. The summed E-state index contributed by atoms with van der Waals surface area (Å²) < 4.78 is 50.0. The van der Waals surface area contributed by atoms with E-state index in [4.69, 9.17) is 0 Å². The molecule has 1 atom stereocenters. The first-order valence-corrected chi connectivity index (χ1v) is 19.5. The number of amides is 4. The maximum absolute atomic E-state index is 16.5. The molecule has 3 aliphatic heterocycles. The fraction of sp³-hybridized carbons (Fsp3) is 0.349. The number of piperidine rings is 2. The average Bonchev–Trinajstić information content (AvgIpc) is 3.92. The zero-order valence-electron chi connectivity index (χ0n) is 32.2. The second-order valence-electron chi connectivity index (χ2n) is 15.4. The monoisotopic (exact) mass is 792 g/mol. The molecule has 300 valence electrons. The van der Waals surface area contributed by atoms with Crippen LogP contribution in [0.5, 0.6) is 0 Å². The van der Waals surface area contributed by atoms with E-state index in [0.29, 0.717) is 79.6 Å². The molecular formula is C43H43F3N8O4. The number of hydrogen-bond donors (Lipinski definition) is 2. The molecule has 8 rings (SSSR count). The highest BCUT2D eigenvalue weighted by atomic mass is 19.1. The van der Waals surface area contributed by atoms with Crippen LogP contribution in [0.1, 0.15) is 77.5 Å². The van der Waals surface area contributed by atoms with E-state index in [-0.39, 0.29) is 65.4 Å². The number of aryl methyl sites for hydroxylation is 1. The van der Waals surface area contributed by atoms with Gasteiger partial charge in [0.1, 0.15) is 17.3 Å². The molecule has 5 heterocycles. The molecule has 5 aromatic rings. The van der Waals surface area contributed by atoms with E-state index in [1.54, 1.807) is 66.4 Å². The predicted octanol–water partition coefficient (Wildman–Crippen LogP) is 6.16. The number of nitrogens with zero attached hydrogens (tertiary/aromatic N) is 6. The quantitative estimate of drug-likeness (QED) is 0.171. The Morgan fingerprint density at radius 1 is 0.897 bits per heavy atom. The summed E-state index contributed by atoms with van der Waals surface area (Å²) in [6.07, 6.45) is 7.67. The number of rotatable bonds is 9. The lowest BCUT2D eigenvalue weighted by molar-refractivity contribution is -0.134. The molecule has 2 fully saturated rings. The number of imide groups is 1. The molecule has 0 radical (unpaired) electrons. The molecule has 2 aromatic heterocycles. The molecule has 2 N–H and O–H groups in total. The van der Waals surface area contributed by atoms with Crippen molar-refractivity contribution in [1.29, 1.82) is 0 Å². The molecule has 0 spiro atoms. The Bertz CT molecular complexity index is 2450. The van der Waals surface area contributed by atoms with Gasteiger partial charge < -0.3 is 19.7 Å². The molecule has 1 unspecified atom stereocenters. The van der Waals surface area contributed by atoms with Crippen LogP contribution in [0.3, 0.4) is 0 Å². The molecule has 12 nitrogen and oxygen atoms in total. The number of anilines is 1. The van der Waals surface area contributed by atoms with Gasteiger partial charge in [-0.25, -0.2) is 13.2 Å². The number of aromatic nitrogens is 4. The number of aromatic amines is 1. The van der Waals surface area contributed by atoms with Crippen molar-refractivity contribution >= 4 is 45.8 Å². The molecule has 3 aliphatic rings. The van der Waals surface area contributed by atoms with Crippen LogP contribution in [0.15, 0.2) is 67.0 Å². The van der Waals surface area contributed by atoms with Crippen molar-refractivity contribution in [1.82, 2.24) is 35.1 Å². The minimum atomic E-state index is -0.592. The van der Waals surface area contributed by atoms with Crippen LogP contribution in [0, 0.1) is 17.5 Å². The highest BCUT2D eigenvalue weighted by molar-refractivity contribution is 6.05. The Labute approximate surface area is 332 Å². The first-order valence-electron chi connectivity index (χ1n) is 19.5. The molecule has 0 bridgehead atoms. The minimum Gasteiger partial charge on any atom is -0.369 e. The highest BCUT2D eigenvalue weighted by Gasteiger charge is 2.30. The van der Waals surface area contributed by atoms with Gasteiger partial charge in [-0.1, -0.05) is 29.5 Å². The molecule has 3 aromatic carbocycles. The van der Waals surface area contributed by atoms with Crippen LogP contribution in [-0.4, -0.2) is 93.7 Å². The Kier molecular flexibility index (Phi) is 10.6. The molecule has 0 saturated carbocycles. The largest absolute Gasteiger partial charge is 0.369 e. The van der Waals surface area contributed by atoms with Crippen LogP contribution in [-0.2, 0) is 20.9 Å². The van der Waals surface area contributed by atoms with E-state index in [0.717, 1.165) is 5.56 Å². The van der Waals surface area contributed by atoms with Crippen LogP contribution in [0.4, 0.5) is 18.9 Å². The lowest BCUT2D eigenvalue weighted by Gasteiger charge is -2.34. The highest BCUT2D eigenvalue weighted by Crippen LogP contribution is 2.40. The van der Waals surface area contributed by atoms with Gasteiger partial charge in [-0.05, 0) is 84.2 Å². The van der Waals surface area contributed by atoms with Gasteiger partial charge in [-0.3, -0.25) is 29.2 Å². The minimum absolute atomic E-state index is 0.00597. The van der Waals surface area contributed by atoms with Crippen molar-refractivity contribution in [2.75, 3.05) is 45.2 Å². The van der Waals surface area contributed by atoms with Gasteiger partial charge in [-0.15, -0.1) is 5.10 Å². The third kappa shape index (κ3) is 7.60. The molecule has 15 heteroatoms. The van der Waals surface area contributed by atoms with Crippen LogP contribution < -0.4 is 10.2 Å². The third-order valence-corrected chi connectivity index (χ3v) is 11.6. The number of H-pyrrole nitrogens is 1. The summed E-state index contributed by atoms with van der Waals surface area (Å²) in [6.45, 7) is 2.06. The van der Waals surface area contributed by atoms with E-state index < -0.39 is 29.3 Å². The van der Waals surface area contributed by atoms with Crippen molar-refractivity contribution < 1.29 is 32.3 Å². The van der Waals surface area contributed by atoms with Crippen molar-refractivity contribution in [3.63, 3.8) is 0 Å². The lowest BCUT2D eigenvalue weighted by Crippen LogP contribution is -2.39. The zero-order chi connectivity index (χ0) is 40.7. The fourth-order valence-electron chi connectivity index (χ4n) is 8.41. The van der Waals surface area contributed by atoms with E-state index >= 15 is 13.2 Å². The standard InChI is InChI=1S/C43H43F3N8O4/c1-51(2)43(58)36-23-33-32(22-31(40(46)41(33)48-36)28-4-3-15-53(24-28)39(56)13-18-54-19-14-47-50-54)30-7-5-26(20-34(30)44)25-11-16-52(17-12-25)37-9-6-27(21-35(37)45)29-8-10-38(55)49-42(29)57/h4-7,9,14,19-23,25,29,48H,3,8,10-13,15-18,24H2,1-2H3,(H,49,55,57). The second-order valence-corrected chi connectivity index (χ2v) is 15.4. The van der Waals surface area contributed by atoms with Gasteiger partial charge in [0.05, 0.1) is 29.9 Å².